The number of nitrogens with one attached hydrogen (secondary N) is 2. The number of hydrogen-bond donors (Lipinski definition) is 2. The Balaban J connectivity index is 1.27. The van der Waals surface area contributed by atoms with E-state index >= 15 is 0 Å². The molecule has 39 heavy (non-hydrogen) atoms. The van der Waals surface area contributed by atoms with Gasteiger partial charge in [0.25, 0.3) is 5.91 Å². The Morgan fingerprint density at radius 2 is 1.97 bits per heavy atom. The van der Waals surface area contributed by atoms with Crippen LogP contribution in [0.2, 0.25) is 0 Å². The molecule has 4 aromatic rings. The Bertz CT molecular complexity index is 1590. The number of nitrogens with zero attached hydrogens (tertiary/aromatic N) is 4. The summed E-state index contributed by atoms with van der Waals surface area (Å²) >= 11 is 1.23. The molecule has 0 aliphatic carbocycles. The molecule has 1 fully saturated rings. The van der Waals surface area contributed by atoms with E-state index in [4.69, 9.17) is 4.74 Å². The van der Waals surface area contributed by atoms with Crippen molar-refractivity contribution in [2.75, 3.05) is 23.3 Å². The molecule has 0 bridgehead atoms. The summed E-state index contributed by atoms with van der Waals surface area (Å²) in [5, 5.41) is 6.65. The Hall–Kier alpha value is -4.77. The number of carbonyl (C=O) groups is 3. The van der Waals surface area contributed by atoms with Gasteiger partial charge >= 0.3 is 6.03 Å². The van der Waals surface area contributed by atoms with Crippen molar-refractivity contribution in [1.82, 2.24) is 20.2 Å². The molecule has 2 aliphatic heterocycles. The van der Waals surface area contributed by atoms with E-state index in [1.54, 1.807) is 58.6 Å². The fourth-order valence-electron chi connectivity index (χ4n) is 4.87. The zero-order chi connectivity index (χ0) is 26.9. The van der Waals surface area contributed by atoms with Gasteiger partial charge in [0.2, 0.25) is 11.8 Å². The largest absolute Gasteiger partial charge is 0.439 e. The van der Waals surface area contributed by atoms with Crippen LogP contribution < -0.4 is 20.3 Å². The summed E-state index contributed by atoms with van der Waals surface area (Å²) < 4.78 is 5.77. The summed E-state index contributed by atoms with van der Waals surface area (Å²) in [6.07, 6.45) is 6.11. The van der Waals surface area contributed by atoms with E-state index in [9.17, 15) is 14.4 Å². The quantitative estimate of drug-likeness (QED) is 0.330. The number of pyridine rings is 2. The lowest BCUT2D eigenvalue weighted by Gasteiger charge is -2.32. The first-order chi connectivity index (χ1) is 19.0. The minimum atomic E-state index is -0.388. The fraction of sp³-hybridized carbons (Fsp3) is 0.179. The third-order valence-corrected chi connectivity index (χ3v) is 7.75. The molecule has 0 saturated carbocycles. The molecule has 2 N–H and O–H groups in total. The standard InChI is InChI=1S/C28H24N6O4S/c1-2-22(35)33-15-5-6-17(16-33)31-26(36)25-24-23-20(12-14-30-27(23)39-25)34(28(37)32-24)18-8-10-19(11-9-18)38-21-7-3-4-13-29-21/h2-4,7-14,17H,1,5-6,15-16H2,(H,31,36)(H,32,37)/t17-/m1/s1. The lowest BCUT2D eigenvalue weighted by Crippen LogP contribution is -2.49. The highest BCUT2D eigenvalue weighted by molar-refractivity contribution is 7.21. The molecule has 4 amide bonds. The molecule has 6 rings (SSSR count). The predicted molar refractivity (Wildman–Crippen MR) is 149 cm³/mol. The maximum atomic E-state index is 13.4. The lowest BCUT2D eigenvalue weighted by molar-refractivity contribution is -0.127. The van der Waals surface area contributed by atoms with Gasteiger partial charge < -0.3 is 20.3 Å². The number of thiophene rings is 1. The van der Waals surface area contributed by atoms with Crippen molar-refractivity contribution in [3.05, 3.63) is 78.5 Å². The van der Waals surface area contributed by atoms with Crippen LogP contribution in [-0.4, -0.2) is 51.8 Å². The second kappa shape index (κ2) is 10.2. The van der Waals surface area contributed by atoms with Gasteiger partial charge in [0.05, 0.1) is 22.4 Å². The van der Waals surface area contributed by atoms with Gasteiger partial charge in [0.15, 0.2) is 0 Å². The van der Waals surface area contributed by atoms with E-state index in [2.05, 4.69) is 27.2 Å². The van der Waals surface area contributed by atoms with Crippen LogP contribution in [-0.2, 0) is 4.79 Å². The summed E-state index contributed by atoms with van der Waals surface area (Å²) in [6.45, 7) is 4.61. The first-order valence-electron chi connectivity index (χ1n) is 12.5. The number of piperidine rings is 1. The summed E-state index contributed by atoms with van der Waals surface area (Å²) in [5.74, 6) is 0.602. The molecule has 1 saturated heterocycles. The van der Waals surface area contributed by atoms with E-state index < -0.39 is 0 Å². The van der Waals surface area contributed by atoms with Crippen LogP contribution in [0.5, 0.6) is 11.6 Å². The maximum absolute atomic E-state index is 13.4. The molecular formula is C28H24N6O4S. The Kier molecular flexibility index (Phi) is 6.41. The van der Waals surface area contributed by atoms with E-state index in [-0.39, 0.29) is 23.9 Å². The number of amides is 4. The molecule has 1 aromatic carbocycles. The third kappa shape index (κ3) is 4.68. The van der Waals surface area contributed by atoms with Gasteiger partial charge in [0.1, 0.15) is 15.5 Å². The highest BCUT2D eigenvalue weighted by Gasteiger charge is 2.33. The zero-order valence-corrected chi connectivity index (χ0v) is 21.6. The summed E-state index contributed by atoms with van der Waals surface area (Å²) in [6, 6.07) is 13.7. The van der Waals surface area contributed by atoms with Gasteiger partial charge in [-0.3, -0.25) is 14.5 Å². The number of carbonyl (C=O) groups excluding carboxylic acids is 3. The van der Waals surface area contributed by atoms with Crippen molar-refractivity contribution >= 4 is 56.5 Å². The van der Waals surface area contributed by atoms with Crippen molar-refractivity contribution in [3.8, 4) is 11.6 Å². The van der Waals surface area contributed by atoms with E-state index in [1.807, 2.05) is 12.1 Å². The van der Waals surface area contributed by atoms with Gasteiger partial charge in [-0.1, -0.05) is 12.6 Å². The van der Waals surface area contributed by atoms with Crippen LogP contribution in [0.4, 0.5) is 21.9 Å². The fourth-order valence-corrected chi connectivity index (χ4v) is 5.89. The van der Waals surface area contributed by atoms with E-state index in [0.29, 0.717) is 56.9 Å². The molecule has 2 aliphatic rings. The minimum Gasteiger partial charge on any atom is -0.439 e. The summed E-state index contributed by atoms with van der Waals surface area (Å²) in [4.78, 5) is 51.6. The number of likely N-dealkylation sites (tertiary alicyclic amines) is 1. The van der Waals surface area contributed by atoms with Gasteiger partial charge in [-0.15, -0.1) is 11.3 Å². The number of hydrogen-bond acceptors (Lipinski definition) is 7. The Morgan fingerprint density at radius 3 is 2.74 bits per heavy atom. The molecule has 11 heteroatoms. The smallest absolute Gasteiger partial charge is 0.331 e. The molecule has 0 spiro atoms. The van der Waals surface area contributed by atoms with E-state index in [1.165, 1.54) is 17.4 Å². The van der Waals surface area contributed by atoms with Gasteiger partial charge in [-0.2, -0.15) is 0 Å². The van der Waals surface area contributed by atoms with Gasteiger partial charge in [0, 0.05) is 37.6 Å². The van der Waals surface area contributed by atoms with E-state index in [0.717, 1.165) is 12.8 Å². The predicted octanol–water partition coefficient (Wildman–Crippen LogP) is 5.07. The summed E-state index contributed by atoms with van der Waals surface area (Å²) in [7, 11) is 0. The number of ether oxygens (including phenoxy) is 1. The van der Waals surface area contributed by atoms with Crippen LogP contribution in [0.15, 0.2) is 73.6 Å². The molecule has 10 nitrogen and oxygen atoms in total. The number of benzene rings is 1. The molecule has 3 aromatic heterocycles. The minimum absolute atomic E-state index is 0.150. The highest BCUT2D eigenvalue weighted by Crippen LogP contribution is 2.45. The van der Waals surface area contributed by atoms with Crippen LogP contribution in [0.1, 0.15) is 22.5 Å². The van der Waals surface area contributed by atoms with Crippen molar-refractivity contribution in [1.29, 1.82) is 0 Å². The first kappa shape index (κ1) is 24.6. The van der Waals surface area contributed by atoms with Gasteiger partial charge in [-0.25, -0.2) is 14.8 Å². The average Bonchev–Trinajstić information content (AvgIpc) is 3.33. The molecule has 196 valence electrons. The Morgan fingerprint density at radius 1 is 1.13 bits per heavy atom. The first-order valence-corrected chi connectivity index (χ1v) is 13.3. The lowest BCUT2D eigenvalue weighted by atomic mass is 10.1. The zero-order valence-electron chi connectivity index (χ0n) is 20.8. The molecule has 1 atom stereocenters. The molecule has 0 radical (unpaired) electrons. The second-order valence-electron chi connectivity index (χ2n) is 9.15. The molecule has 5 heterocycles. The Labute approximate surface area is 227 Å². The SMILES string of the molecule is C=CC(=O)N1CCC[C@@H](NC(=O)c2sc3nccc4c3c2NC(=O)N4c2ccc(Oc3ccccn3)cc2)C1. The number of anilines is 3. The molecular weight excluding hydrogens is 516 g/mol. The monoisotopic (exact) mass is 540 g/mol. The summed E-state index contributed by atoms with van der Waals surface area (Å²) in [5.41, 5.74) is 1.71. The van der Waals surface area contributed by atoms with Crippen LogP contribution >= 0.6 is 11.3 Å². The third-order valence-electron chi connectivity index (χ3n) is 6.65. The number of urea groups is 1. The van der Waals surface area contributed by atoms with Crippen molar-refractivity contribution in [2.24, 2.45) is 0 Å². The van der Waals surface area contributed by atoms with Gasteiger partial charge in [-0.05, 0) is 55.3 Å². The normalized spacial score (nSPS) is 16.5. The number of rotatable bonds is 6. The number of aromatic nitrogens is 2. The van der Waals surface area contributed by atoms with Crippen LogP contribution in [0.25, 0.3) is 10.2 Å². The topological polar surface area (TPSA) is 117 Å². The van der Waals surface area contributed by atoms with Crippen LogP contribution in [0, 0.1) is 0 Å². The maximum Gasteiger partial charge on any atom is 0.331 e. The second-order valence-corrected chi connectivity index (χ2v) is 10.1. The van der Waals surface area contributed by atoms with Crippen molar-refractivity contribution in [3.63, 3.8) is 0 Å². The van der Waals surface area contributed by atoms with Crippen LogP contribution in [0.3, 0.4) is 0 Å². The highest BCUT2D eigenvalue weighted by atomic mass is 32.1. The van der Waals surface area contributed by atoms with Crippen molar-refractivity contribution < 1.29 is 19.1 Å². The van der Waals surface area contributed by atoms with Crippen molar-refractivity contribution in [2.45, 2.75) is 18.9 Å². The molecule has 0 unspecified atom stereocenters. The average molecular weight is 541 g/mol.